The Morgan fingerprint density at radius 2 is 1.86 bits per heavy atom. The van der Waals surface area contributed by atoms with Crippen molar-refractivity contribution in [1.29, 1.82) is 0 Å². The number of hydrogen-bond donors (Lipinski definition) is 1. The highest BCUT2D eigenvalue weighted by Gasteiger charge is 2.16. The Bertz CT molecular complexity index is 146. The summed E-state index contributed by atoms with van der Waals surface area (Å²) in [5, 5.41) is 0. The lowest BCUT2D eigenvalue weighted by Gasteiger charge is -2.24. The van der Waals surface area contributed by atoms with Gasteiger partial charge < -0.3 is 15.2 Å². The third kappa shape index (κ3) is 7.30. The van der Waals surface area contributed by atoms with Crippen LogP contribution in [0.3, 0.4) is 0 Å². The fraction of sp³-hybridized carbons (Fsp3) is 1.00. The molecule has 86 valence electrons. The van der Waals surface area contributed by atoms with Crippen molar-refractivity contribution < 1.29 is 9.47 Å². The minimum Gasteiger partial charge on any atom is -0.379 e. The van der Waals surface area contributed by atoms with Crippen LogP contribution in [0.4, 0.5) is 0 Å². The van der Waals surface area contributed by atoms with Crippen molar-refractivity contribution in [1.82, 2.24) is 0 Å². The molecule has 2 unspecified atom stereocenters. The highest BCUT2D eigenvalue weighted by atomic mass is 16.5. The SMILES string of the molecule is COC(C)(C)CCOC(C)CC(C)N. The van der Waals surface area contributed by atoms with Crippen LogP contribution in [0.1, 0.15) is 40.5 Å². The van der Waals surface area contributed by atoms with E-state index >= 15 is 0 Å². The van der Waals surface area contributed by atoms with Crippen LogP contribution in [-0.4, -0.2) is 31.5 Å². The van der Waals surface area contributed by atoms with Gasteiger partial charge in [0.15, 0.2) is 0 Å². The lowest BCUT2D eigenvalue weighted by molar-refractivity contribution is -0.0253. The lowest BCUT2D eigenvalue weighted by atomic mass is 10.1. The largest absolute Gasteiger partial charge is 0.379 e. The Balaban J connectivity index is 3.53. The Labute approximate surface area is 88.0 Å². The Morgan fingerprint density at radius 3 is 2.29 bits per heavy atom. The van der Waals surface area contributed by atoms with Gasteiger partial charge in [-0.2, -0.15) is 0 Å². The molecular formula is C11H25NO2. The molecule has 0 aliphatic heterocycles. The molecule has 0 heterocycles. The molecule has 0 radical (unpaired) electrons. The molecule has 3 nitrogen and oxygen atoms in total. The molecule has 0 rings (SSSR count). The molecule has 2 atom stereocenters. The number of hydrogen-bond acceptors (Lipinski definition) is 3. The molecule has 3 heteroatoms. The highest BCUT2D eigenvalue weighted by Crippen LogP contribution is 2.13. The van der Waals surface area contributed by atoms with Gasteiger partial charge in [-0.1, -0.05) is 0 Å². The maximum atomic E-state index is 5.67. The molecule has 0 bridgehead atoms. The van der Waals surface area contributed by atoms with Crippen molar-refractivity contribution >= 4 is 0 Å². The van der Waals surface area contributed by atoms with E-state index in [1.165, 1.54) is 0 Å². The molecule has 2 N–H and O–H groups in total. The van der Waals surface area contributed by atoms with Crippen LogP contribution in [0.2, 0.25) is 0 Å². The van der Waals surface area contributed by atoms with Gasteiger partial charge in [-0.25, -0.2) is 0 Å². The van der Waals surface area contributed by atoms with Crippen molar-refractivity contribution in [2.24, 2.45) is 5.73 Å². The number of methoxy groups -OCH3 is 1. The fourth-order valence-corrected chi connectivity index (χ4v) is 1.20. The molecule has 0 amide bonds. The molecule has 0 aromatic rings. The smallest absolute Gasteiger partial charge is 0.0644 e. The topological polar surface area (TPSA) is 44.5 Å². The summed E-state index contributed by atoms with van der Waals surface area (Å²) in [6.07, 6.45) is 2.06. The predicted molar refractivity (Wildman–Crippen MR) is 59.4 cm³/mol. The number of rotatable bonds is 7. The van der Waals surface area contributed by atoms with Gasteiger partial charge in [-0.05, 0) is 40.5 Å². The summed E-state index contributed by atoms with van der Waals surface area (Å²) in [5.74, 6) is 0. The summed E-state index contributed by atoms with van der Waals surface area (Å²) in [6, 6.07) is 0.209. The molecule has 0 fully saturated rings. The fourth-order valence-electron chi connectivity index (χ4n) is 1.20. The van der Waals surface area contributed by atoms with E-state index < -0.39 is 0 Å². The molecule has 0 aliphatic rings. The van der Waals surface area contributed by atoms with Gasteiger partial charge in [0.2, 0.25) is 0 Å². The van der Waals surface area contributed by atoms with Crippen molar-refractivity contribution in [2.75, 3.05) is 13.7 Å². The normalized spacial score (nSPS) is 16.7. The van der Waals surface area contributed by atoms with E-state index in [1.807, 2.05) is 6.92 Å². The Kier molecular flexibility index (Phi) is 6.33. The molecule has 0 aromatic heterocycles. The highest BCUT2D eigenvalue weighted by molar-refractivity contribution is 4.67. The van der Waals surface area contributed by atoms with Crippen molar-refractivity contribution in [3.63, 3.8) is 0 Å². The second kappa shape index (κ2) is 6.38. The van der Waals surface area contributed by atoms with Gasteiger partial charge in [0, 0.05) is 19.8 Å². The Hall–Kier alpha value is -0.120. The van der Waals surface area contributed by atoms with Crippen LogP contribution in [0.15, 0.2) is 0 Å². The molecular weight excluding hydrogens is 178 g/mol. The van der Waals surface area contributed by atoms with Crippen LogP contribution in [0.5, 0.6) is 0 Å². The molecule has 0 aliphatic carbocycles. The minimum atomic E-state index is -0.0892. The summed E-state index contributed by atoms with van der Waals surface area (Å²) < 4.78 is 10.9. The summed E-state index contributed by atoms with van der Waals surface area (Å²) in [5.41, 5.74) is 5.58. The second-order valence-electron chi connectivity index (χ2n) is 4.61. The van der Waals surface area contributed by atoms with E-state index in [0.29, 0.717) is 0 Å². The van der Waals surface area contributed by atoms with Crippen molar-refractivity contribution in [3.05, 3.63) is 0 Å². The zero-order valence-corrected chi connectivity index (χ0v) is 10.2. The lowest BCUT2D eigenvalue weighted by Crippen LogP contribution is -2.27. The summed E-state index contributed by atoms with van der Waals surface area (Å²) in [6.45, 7) is 8.91. The van der Waals surface area contributed by atoms with Gasteiger partial charge in [0.25, 0.3) is 0 Å². The molecule has 0 saturated heterocycles. The predicted octanol–water partition coefficient (Wildman–Crippen LogP) is 1.94. The van der Waals surface area contributed by atoms with Gasteiger partial charge >= 0.3 is 0 Å². The van der Waals surface area contributed by atoms with E-state index in [9.17, 15) is 0 Å². The molecule has 0 aromatic carbocycles. The van der Waals surface area contributed by atoms with Crippen LogP contribution in [0, 0.1) is 0 Å². The number of ether oxygens (including phenoxy) is 2. The number of nitrogens with two attached hydrogens (primary N) is 1. The van der Waals surface area contributed by atoms with Crippen LogP contribution in [0.25, 0.3) is 0 Å². The molecule has 0 spiro atoms. The Morgan fingerprint density at radius 1 is 1.29 bits per heavy atom. The van der Waals surface area contributed by atoms with E-state index in [4.69, 9.17) is 15.2 Å². The third-order valence-corrected chi connectivity index (χ3v) is 2.36. The van der Waals surface area contributed by atoms with E-state index in [0.717, 1.165) is 19.4 Å². The van der Waals surface area contributed by atoms with Crippen molar-refractivity contribution in [3.8, 4) is 0 Å². The summed E-state index contributed by atoms with van der Waals surface area (Å²) >= 11 is 0. The standard InChI is InChI=1S/C11H25NO2/c1-9(12)8-10(2)14-7-6-11(3,4)13-5/h9-10H,6-8,12H2,1-5H3. The molecule has 0 saturated carbocycles. The van der Waals surface area contributed by atoms with Crippen LogP contribution < -0.4 is 5.73 Å². The third-order valence-electron chi connectivity index (χ3n) is 2.36. The average Bonchev–Trinajstić information content (AvgIpc) is 2.02. The average molecular weight is 203 g/mol. The monoisotopic (exact) mass is 203 g/mol. The maximum Gasteiger partial charge on any atom is 0.0644 e. The van der Waals surface area contributed by atoms with Gasteiger partial charge in [0.1, 0.15) is 0 Å². The first-order valence-electron chi connectivity index (χ1n) is 5.29. The zero-order valence-electron chi connectivity index (χ0n) is 10.2. The first-order valence-corrected chi connectivity index (χ1v) is 5.29. The molecule has 14 heavy (non-hydrogen) atoms. The second-order valence-corrected chi connectivity index (χ2v) is 4.61. The first-order chi connectivity index (χ1) is 6.37. The van der Waals surface area contributed by atoms with Crippen LogP contribution >= 0.6 is 0 Å². The quantitative estimate of drug-likeness (QED) is 0.687. The zero-order chi connectivity index (χ0) is 11.2. The van der Waals surface area contributed by atoms with E-state index in [-0.39, 0.29) is 17.7 Å². The van der Waals surface area contributed by atoms with Gasteiger partial charge in [0.05, 0.1) is 11.7 Å². The first kappa shape index (κ1) is 13.9. The van der Waals surface area contributed by atoms with E-state index in [2.05, 4.69) is 20.8 Å². The van der Waals surface area contributed by atoms with Crippen molar-refractivity contribution in [2.45, 2.75) is 58.3 Å². The van der Waals surface area contributed by atoms with Gasteiger partial charge in [-0.3, -0.25) is 0 Å². The minimum absolute atomic E-state index is 0.0892. The summed E-state index contributed by atoms with van der Waals surface area (Å²) in [7, 11) is 1.73. The van der Waals surface area contributed by atoms with Crippen LogP contribution in [-0.2, 0) is 9.47 Å². The maximum absolute atomic E-state index is 5.67. The van der Waals surface area contributed by atoms with Gasteiger partial charge in [-0.15, -0.1) is 0 Å². The van der Waals surface area contributed by atoms with E-state index in [1.54, 1.807) is 7.11 Å². The summed E-state index contributed by atoms with van der Waals surface area (Å²) in [4.78, 5) is 0.